The van der Waals surface area contributed by atoms with Crippen molar-refractivity contribution in [3.8, 4) is 11.4 Å². The number of hydrogen-bond donors (Lipinski definition) is 1. The number of halogens is 2. The third-order valence-corrected chi connectivity index (χ3v) is 5.68. The van der Waals surface area contributed by atoms with Crippen molar-refractivity contribution in [2.24, 2.45) is 7.05 Å². The van der Waals surface area contributed by atoms with Crippen molar-refractivity contribution in [3.05, 3.63) is 52.0 Å². The first kappa shape index (κ1) is 18.1. The number of fused-ring (bicyclic) bond motifs is 1. The number of benzene rings is 1. The molecule has 2 aromatic heterocycles. The molecule has 0 saturated carbocycles. The molecular weight excluding hydrogens is 385 g/mol. The maximum atomic E-state index is 12.6. The average Bonchev–Trinajstić information content (AvgIpc) is 3.07. The molecule has 1 aliphatic heterocycles. The summed E-state index contributed by atoms with van der Waals surface area (Å²) >= 11 is 12.1. The second kappa shape index (κ2) is 7.37. The molecule has 0 spiro atoms. The molecule has 1 aliphatic rings. The fourth-order valence-corrected chi connectivity index (χ4v) is 3.77. The van der Waals surface area contributed by atoms with Crippen LogP contribution in [0.25, 0.3) is 11.4 Å². The number of rotatable bonds is 3. The van der Waals surface area contributed by atoms with Crippen LogP contribution in [-0.2, 0) is 20.0 Å². The van der Waals surface area contributed by atoms with Crippen LogP contribution in [-0.4, -0.2) is 25.2 Å². The number of nitrogens with zero attached hydrogens (tertiary/aromatic N) is 4. The Labute approximate surface area is 167 Å². The molecule has 3 aromatic rings. The summed E-state index contributed by atoms with van der Waals surface area (Å²) in [4.78, 5) is 12.6. The lowest BCUT2D eigenvalue weighted by Gasteiger charge is -2.10. The largest absolute Gasteiger partial charge is 0.329 e. The molecule has 0 fully saturated rings. The van der Waals surface area contributed by atoms with E-state index in [2.05, 4.69) is 20.1 Å². The highest BCUT2D eigenvalue weighted by Crippen LogP contribution is 2.27. The van der Waals surface area contributed by atoms with Gasteiger partial charge < -0.3 is 14.5 Å². The summed E-state index contributed by atoms with van der Waals surface area (Å²) < 4.78 is 3.74. The van der Waals surface area contributed by atoms with Crippen LogP contribution in [0.15, 0.2) is 30.3 Å². The summed E-state index contributed by atoms with van der Waals surface area (Å²) in [7, 11) is 1.70. The monoisotopic (exact) mass is 403 g/mol. The molecule has 4 rings (SSSR count). The van der Waals surface area contributed by atoms with Crippen LogP contribution >= 0.6 is 23.2 Å². The lowest BCUT2D eigenvalue weighted by Crippen LogP contribution is -2.15. The van der Waals surface area contributed by atoms with Gasteiger partial charge in [0.25, 0.3) is 5.91 Å². The smallest absolute Gasteiger partial charge is 0.272 e. The van der Waals surface area contributed by atoms with Gasteiger partial charge in [-0.1, -0.05) is 41.8 Å². The van der Waals surface area contributed by atoms with Gasteiger partial charge in [0.15, 0.2) is 5.82 Å². The zero-order chi connectivity index (χ0) is 19.0. The van der Waals surface area contributed by atoms with E-state index >= 15 is 0 Å². The highest BCUT2D eigenvalue weighted by Gasteiger charge is 2.18. The zero-order valence-electron chi connectivity index (χ0n) is 14.9. The molecule has 1 amide bonds. The Hall–Kier alpha value is -2.31. The van der Waals surface area contributed by atoms with E-state index in [1.54, 1.807) is 17.7 Å². The van der Waals surface area contributed by atoms with Crippen molar-refractivity contribution in [1.29, 1.82) is 0 Å². The van der Waals surface area contributed by atoms with Gasteiger partial charge in [-0.25, -0.2) is 0 Å². The Bertz CT molecular complexity index is 1010. The minimum atomic E-state index is -0.275. The molecule has 8 heteroatoms. The van der Waals surface area contributed by atoms with Gasteiger partial charge in [-0.05, 0) is 31.0 Å². The minimum absolute atomic E-state index is 0.275. The van der Waals surface area contributed by atoms with E-state index in [-0.39, 0.29) is 5.91 Å². The van der Waals surface area contributed by atoms with Gasteiger partial charge in [-0.15, -0.1) is 10.2 Å². The first-order chi connectivity index (χ1) is 13.0. The van der Waals surface area contributed by atoms with E-state index in [9.17, 15) is 4.79 Å². The van der Waals surface area contributed by atoms with Crippen molar-refractivity contribution in [2.45, 2.75) is 32.2 Å². The summed E-state index contributed by atoms with van der Waals surface area (Å²) in [6.45, 7) is 0.925. The molecule has 0 saturated heterocycles. The number of hydrogen-bond acceptors (Lipinski definition) is 3. The molecular formula is C19H19Cl2N5O. The number of carbonyl (C=O) groups excluding carboxylic acids is 1. The van der Waals surface area contributed by atoms with Crippen molar-refractivity contribution in [2.75, 3.05) is 5.32 Å². The first-order valence-corrected chi connectivity index (χ1v) is 9.65. The lowest BCUT2D eigenvalue weighted by atomic mass is 10.2. The fraction of sp³-hybridized carbons (Fsp3) is 0.316. The van der Waals surface area contributed by atoms with Crippen LogP contribution < -0.4 is 5.32 Å². The number of aryl methyl sites for hydroxylation is 1. The van der Waals surface area contributed by atoms with Gasteiger partial charge in [0.2, 0.25) is 0 Å². The van der Waals surface area contributed by atoms with Gasteiger partial charge in [0.1, 0.15) is 16.7 Å². The predicted octanol–water partition coefficient (Wildman–Crippen LogP) is 4.57. The molecule has 3 heterocycles. The standard InChI is InChI=1S/C19H19Cl2N5O/c1-25-15(11-14(20)17(25)21)19(27)22-13-7-5-6-12(10-13)18-24-23-16-8-3-2-4-9-26(16)18/h5-7,10-11H,2-4,8-9H2,1H3,(H,22,27). The quantitative estimate of drug-likeness (QED) is 0.696. The maximum Gasteiger partial charge on any atom is 0.272 e. The third kappa shape index (κ3) is 3.47. The molecule has 0 radical (unpaired) electrons. The van der Waals surface area contributed by atoms with Gasteiger partial charge in [0.05, 0.1) is 5.02 Å². The van der Waals surface area contributed by atoms with E-state index in [1.807, 2.05) is 24.3 Å². The number of anilines is 1. The summed E-state index contributed by atoms with van der Waals surface area (Å²) in [6, 6.07) is 9.18. The van der Waals surface area contributed by atoms with Crippen LogP contribution in [0.3, 0.4) is 0 Å². The Morgan fingerprint density at radius 1 is 1.15 bits per heavy atom. The van der Waals surface area contributed by atoms with Gasteiger partial charge >= 0.3 is 0 Å². The molecule has 0 bridgehead atoms. The molecule has 1 aromatic carbocycles. The number of carbonyl (C=O) groups is 1. The predicted molar refractivity (Wildman–Crippen MR) is 106 cm³/mol. The Kier molecular flexibility index (Phi) is 4.93. The van der Waals surface area contributed by atoms with Crippen LogP contribution in [0.4, 0.5) is 5.69 Å². The SMILES string of the molecule is Cn1c(C(=O)Nc2cccc(-c3nnc4n3CCCCC4)c2)cc(Cl)c1Cl. The number of nitrogens with one attached hydrogen (secondary N) is 1. The van der Waals surface area contributed by atoms with Crippen LogP contribution in [0.2, 0.25) is 10.2 Å². The van der Waals surface area contributed by atoms with Gasteiger partial charge in [-0.3, -0.25) is 4.79 Å². The van der Waals surface area contributed by atoms with Crippen molar-refractivity contribution >= 4 is 34.8 Å². The zero-order valence-corrected chi connectivity index (χ0v) is 16.4. The normalized spacial score (nSPS) is 13.9. The van der Waals surface area contributed by atoms with E-state index in [1.165, 1.54) is 6.42 Å². The molecule has 0 unspecified atom stereocenters. The number of amides is 1. The molecule has 1 N–H and O–H groups in total. The topological polar surface area (TPSA) is 64.7 Å². The third-order valence-electron chi connectivity index (χ3n) is 4.84. The van der Waals surface area contributed by atoms with Crippen molar-refractivity contribution in [3.63, 3.8) is 0 Å². The highest BCUT2D eigenvalue weighted by atomic mass is 35.5. The maximum absolute atomic E-state index is 12.6. The molecule has 27 heavy (non-hydrogen) atoms. The molecule has 0 aliphatic carbocycles. The van der Waals surface area contributed by atoms with E-state index in [0.29, 0.717) is 21.6 Å². The van der Waals surface area contributed by atoms with Crippen molar-refractivity contribution < 1.29 is 4.79 Å². The van der Waals surface area contributed by atoms with Crippen LogP contribution in [0.5, 0.6) is 0 Å². The summed E-state index contributed by atoms with van der Waals surface area (Å²) in [5.41, 5.74) is 2.00. The number of aromatic nitrogens is 4. The first-order valence-electron chi connectivity index (χ1n) is 8.89. The summed E-state index contributed by atoms with van der Waals surface area (Å²) in [5, 5.41) is 12.3. The Balaban J connectivity index is 1.61. The second-order valence-corrected chi connectivity index (χ2v) is 7.43. The fourth-order valence-electron chi connectivity index (χ4n) is 3.39. The van der Waals surface area contributed by atoms with Crippen LogP contribution in [0.1, 0.15) is 35.6 Å². The van der Waals surface area contributed by atoms with Crippen LogP contribution in [0, 0.1) is 0 Å². The lowest BCUT2D eigenvalue weighted by molar-refractivity contribution is 0.101. The summed E-state index contributed by atoms with van der Waals surface area (Å²) in [5.74, 6) is 1.60. The van der Waals surface area contributed by atoms with E-state index < -0.39 is 0 Å². The molecule has 6 nitrogen and oxygen atoms in total. The average molecular weight is 404 g/mol. The van der Waals surface area contributed by atoms with Gasteiger partial charge in [0, 0.05) is 31.3 Å². The van der Waals surface area contributed by atoms with E-state index in [4.69, 9.17) is 23.2 Å². The van der Waals surface area contributed by atoms with E-state index in [0.717, 1.165) is 43.0 Å². The molecule has 0 atom stereocenters. The second-order valence-electron chi connectivity index (χ2n) is 6.66. The highest BCUT2D eigenvalue weighted by molar-refractivity contribution is 6.42. The minimum Gasteiger partial charge on any atom is -0.329 e. The molecule has 140 valence electrons. The van der Waals surface area contributed by atoms with Gasteiger partial charge in [-0.2, -0.15) is 0 Å². The Morgan fingerprint density at radius 2 is 2.00 bits per heavy atom. The van der Waals surface area contributed by atoms with Crippen molar-refractivity contribution in [1.82, 2.24) is 19.3 Å². The summed E-state index contributed by atoms with van der Waals surface area (Å²) in [6.07, 6.45) is 4.44. The Morgan fingerprint density at radius 3 is 2.78 bits per heavy atom.